The maximum atomic E-state index is 11.9. The molecule has 3 rings (SSSR count). The molecule has 1 amide bonds. The number of thiophene rings is 1. The Balaban J connectivity index is 0.00000243. The predicted molar refractivity (Wildman–Crippen MR) is 120 cm³/mol. The fraction of sp³-hybridized carbons (Fsp3) is 0.368. The van der Waals surface area contributed by atoms with Crippen LogP contribution in [0.1, 0.15) is 35.6 Å². The first-order valence-electron chi connectivity index (χ1n) is 8.54. The fourth-order valence-corrected chi connectivity index (χ4v) is 3.83. The molecule has 0 radical (unpaired) electrons. The Morgan fingerprint density at radius 2 is 2.12 bits per heavy atom. The van der Waals surface area contributed by atoms with E-state index in [1.165, 1.54) is 10.4 Å². The number of halogens is 1. The molecule has 2 atom stereocenters. The smallest absolute Gasteiger partial charge is 0.225 e. The van der Waals surface area contributed by atoms with E-state index in [1.807, 2.05) is 18.2 Å². The van der Waals surface area contributed by atoms with Crippen molar-refractivity contribution in [1.29, 1.82) is 0 Å². The van der Waals surface area contributed by atoms with Crippen LogP contribution in [0.15, 0.2) is 46.8 Å². The van der Waals surface area contributed by atoms with Gasteiger partial charge in [-0.15, -0.1) is 35.3 Å². The number of hydrogen-bond donors (Lipinski definition) is 3. The first-order chi connectivity index (χ1) is 12.2. The Hall–Kier alpha value is -1.61. The highest BCUT2D eigenvalue weighted by atomic mass is 127. The normalized spacial score (nSPS) is 17.5. The number of rotatable bonds is 5. The minimum Gasteiger partial charge on any atom is -0.356 e. The van der Waals surface area contributed by atoms with Crippen LogP contribution < -0.4 is 16.0 Å². The van der Waals surface area contributed by atoms with Crippen molar-refractivity contribution < 1.29 is 4.79 Å². The summed E-state index contributed by atoms with van der Waals surface area (Å²) in [7, 11) is 1.77. The van der Waals surface area contributed by atoms with Crippen molar-refractivity contribution in [3.8, 4) is 0 Å². The summed E-state index contributed by atoms with van der Waals surface area (Å²) in [6.45, 7) is 3.70. The van der Waals surface area contributed by atoms with Gasteiger partial charge in [-0.25, -0.2) is 0 Å². The van der Waals surface area contributed by atoms with E-state index < -0.39 is 0 Å². The van der Waals surface area contributed by atoms with Crippen molar-refractivity contribution in [3.05, 3.63) is 52.2 Å². The lowest BCUT2D eigenvalue weighted by Gasteiger charge is -2.26. The number of benzene rings is 1. The number of nitrogens with zero attached hydrogens (tertiary/aromatic N) is 1. The lowest BCUT2D eigenvalue weighted by Crippen LogP contribution is -2.41. The Morgan fingerprint density at radius 3 is 2.85 bits per heavy atom. The third-order valence-electron chi connectivity index (χ3n) is 4.45. The quantitative estimate of drug-likeness (QED) is 0.344. The number of guanidine groups is 1. The third-order valence-corrected chi connectivity index (χ3v) is 5.55. The summed E-state index contributed by atoms with van der Waals surface area (Å²) in [5.41, 5.74) is 2.09. The number of carbonyl (C=O) groups excluding carboxylic acids is 1. The summed E-state index contributed by atoms with van der Waals surface area (Å²) in [6, 6.07) is 12.2. The number of nitrogens with one attached hydrogen (secondary N) is 3. The predicted octanol–water partition coefficient (Wildman–Crippen LogP) is 3.76. The summed E-state index contributed by atoms with van der Waals surface area (Å²) in [4.78, 5) is 17.6. The van der Waals surface area contributed by atoms with E-state index >= 15 is 0 Å². The maximum absolute atomic E-state index is 11.9. The lowest BCUT2D eigenvalue weighted by atomic mass is 9.90. The molecule has 3 N–H and O–H groups in total. The van der Waals surface area contributed by atoms with Gasteiger partial charge in [-0.2, -0.15) is 0 Å². The van der Waals surface area contributed by atoms with Crippen LogP contribution >= 0.6 is 35.3 Å². The molecule has 26 heavy (non-hydrogen) atoms. The SMILES string of the molecule is CN=C(NCC(C)c1cccs1)NCC1CC(=O)Nc2ccccc21.I. The first kappa shape index (κ1) is 20.7. The molecule has 0 aliphatic carbocycles. The molecular weight excluding hydrogens is 459 g/mol. The minimum absolute atomic E-state index is 0. The van der Waals surface area contributed by atoms with Crippen molar-refractivity contribution in [1.82, 2.24) is 10.6 Å². The Bertz CT molecular complexity index is 748. The number of hydrogen-bond acceptors (Lipinski definition) is 3. The van der Waals surface area contributed by atoms with E-state index in [4.69, 9.17) is 0 Å². The number of aliphatic imine (C=N–C) groups is 1. The van der Waals surface area contributed by atoms with Gasteiger partial charge in [0.1, 0.15) is 0 Å². The molecule has 0 spiro atoms. The summed E-state index contributed by atoms with van der Waals surface area (Å²) in [6.07, 6.45) is 0.493. The average molecular weight is 484 g/mol. The van der Waals surface area contributed by atoms with Crippen molar-refractivity contribution in [2.75, 3.05) is 25.5 Å². The largest absolute Gasteiger partial charge is 0.356 e. The second-order valence-electron chi connectivity index (χ2n) is 6.29. The summed E-state index contributed by atoms with van der Waals surface area (Å²) in [5.74, 6) is 1.42. The zero-order valence-electron chi connectivity index (χ0n) is 15.0. The zero-order chi connectivity index (χ0) is 17.6. The van der Waals surface area contributed by atoms with Crippen molar-refractivity contribution in [2.45, 2.75) is 25.2 Å². The van der Waals surface area contributed by atoms with Crippen LogP contribution in [0.5, 0.6) is 0 Å². The van der Waals surface area contributed by atoms with Crippen LogP contribution in [0.4, 0.5) is 5.69 Å². The zero-order valence-corrected chi connectivity index (χ0v) is 18.1. The van der Waals surface area contributed by atoms with E-state index in [1.54, 1.807) is 18.4 Å². The molecule has 1 aromatic carbocycles. The monoisotopic (exact) mass is 484 g/mol. The topological polar surface area (TPSA) is 65.5 Å². The number of fused-ring (bicyclic) bond motifs is 1. The molecule has 2 unspecified atom stereocenters. The average Bonchev–Trinajstić information content (AvgIpc) is 3.16. The van der Waals surface area contributed by atoms with Gasteiger partial charge >= 0.3 is 0 Å². The van der Waals surface area contributed by atoms with E-state index in [2.05, 4.69) is 51.4 Å². The summed E-state index contributed by atoms with van der Waals surface area (Å²) in [5, 5.41) is 11.8. The highest BCUT2D eigenvalue weighted by Crippen LogP contribution is 2.31. The van der Waals surface area contributed by atoms with Gasteiger partial charge in [0.15, 0.2) is 5.96 Å². The van der Waals surface area contributed by atoms with Gasteiger partial charge in [-0.1, -0.05) is 31.2 Å². The van der Waals surface area contributed by atoms with Crippen LogP contribution in [-0.4, -0.2) is 32.0 Å². The van der Waals surface area contributed by atoms with Crippen LogP contribution in [-0.2, 0) is 4.79 Å². The molecule has 2 heterocycles. The molecule has 1 aliphatic heterocycles. The van der Waals surface area contributed by atoms with Gasteiger partial charge in [-0.3, -0.25) is 9.79 Å². The molecule has 0 saturated carbocycles. The Morgan fingerprint density at radius 1 is 1.31 bits per heavy atom. The second-order valence-corrected chi connectivity index (χ2v) is 7.27. The van der Waals surface area contributed by atoms with E-state index in [-0.39, 0.29) is 35.8 Å². The Labute approximate surface area is 175 Å². The van der Waals surface area contributed by atoms with E-state index in [0.29, 0.717) is 18.9 Å². The van der Waals surface area contributed by atoms with Crippen LogP contribution in [0.3, 0.4) is 0 Å². The van der Waals surface area contributed by atoms with Crippen LogP contribution in [0, 0.1) is 0 Å². The fourth-order valence-electron chi connectivity index (χ4n) is 3.05. The molecule has 2 aromatic rings. The number of carbonyl (C=O) groups is 1. The van der Waals surface area contributed by atoms with Gasteiger partial charge in [0.25, 0.3) is 0 Å². The molecule has 0 bridgehead atoms. The molecule has 7 heteroatoms. The van der Waals surface area contributed by atoms with Gasteiger partial charge in [0.05, 0.1) is 0 Å². The van der Waals surface area contributed by atoms with Gasteiger partial charge < -0.3 is 16.0 Å². The van der Waals surface area contributed by atoms with E-state index in [0.717, 1.165) is 18.2 Å². The van der Waals surface area contributed by atoms with Crippen molar-refractivity contribution in [2.24, 2.45) is 4.99 Å². The Kier molecular flexibility index (Phi) is 7.89. The highest BCUT2D eigenvalue weighted by molar-refractivity contribution is 14.0. The molecular formula is C19H25IN4OS. The molecule has 1 aromatic heterocycles. The highest BCUT2D eigenvalue weighted by Gasteiger charge is 2.24. The van der Waals surface area contributed by atoms with Gasteiger partial charge in [0.2, 0.25) is 5.91 Å². The number of amides is 1. The van der Waals surface area contributed by atoms with Crippen LogP contribution in [0.2, 0.25) is 0 Å². The molecule has 0 saturated heterocycles. The van der Waals surface area contributed by atoms with Crippen LogP contribution in [0.25, 0.3) is 0 Å². The van der Waals surface area contributed by atoms with Crippen molar-refractivity contribution >= 4 is 52.9 Å². The third kappa shape index (κ3) is 5.20. The van der Waals surface area contributed by atoms with Gasteiger partial charge in [-0.05, 0) is 23.1 Å². The summed E-state index contributed by atoms with van der Waals surface area (Å²) < 4.78 is 0. The lowest BCUT2D eigenvalue weighted by molar-refractivity contribution is -0.116. The second kappa shape index (κ2) is 9.91. The molecule has 0 fully saturated rings. The maximum Gasteiger partial charge on any atom is 0.225 e. The number of anilines is 1. The minimum atomic E-state index is 0. The summed E-state index contributed by atoms with van der Waals surface area (Å²) >= 11 is 1.77. The van der Waals surface area contributed by atoms with E-state index in [9.17, 15) is 4.79 Å². The number of para-hydroxylation sites is 1. The molecule has 140 valence electrons. The standard InChI is InChI=1S/C19H24N4OS.HI/c1-13(17-8-5-9-25-17)11-21-19(20-2)22-12-14-10-18(24)23-16-7-4-3-6-15(14)16;/h3-9,13-14H,10-12H2,1-2H3,(H,23,24)(H2,20,21,22);1H. The van der Waals surface area contributed by atoms with Gasteiger partial charge in [0, 0.05) is 49.0 Å². The first-order valence-corrected chi connectivity index (χ1v) is 9.42. The molecule has 1 aliphatic rings. The van der Waals surface area contributed by atoms with Crippen molar-refractivity contribution in [3.63, 3.8) is 0 Å². The molecule has 5 nitrogen and oxygen atoms in total.